The average molecular weight is 278 g/mol. The number of carbonyl (C=O) groups is 1. The topological polar surface area (TPSA) is 32.3 Å². The Kier molecular flexibility index (Phi) is 3.39. The maximum absolute atomic E-state index is 12.4. The summed E-state index contributed by atoms with van der Waals surface area (Å²) in [6.45, 7) is 5.20. The Bertz CT molecular complexity index is 451. The summed E-state index contributed by atoms with van der Waals surface area (Å²) in [5, 5.41) is 7.66. The van der Waals surface area contributed by atoms with Crippen LogP contribution in [0, 0.1) is 5.41 Å². The molecule has 3 rings (SSSR count). The van der Waals surface area contributed by atoms with Gasteiger partial charge in [0.05, 0.1) is 6.04 Å². The molecule has 1 amide bonds. The third-order valence-electron chi connectivity index (χ3n) is 4.59. The molecule has 0 spiro atoms. The molecule has 0 bridgehead atoms. The molecule has 1 aliphatic carbocycles. The van der Waals surface area contributed by atoms with Crippen LogP contribution in [-0.2, 0) is 4.79 Å². The normalized spacial score (nSPS) is 30.2. The molecule has 3 nitrogen and oxygen atoms in total. The predicted molar refractivity (Wildman–Crippen MR) is 77.9 cm³/mol. The van der Waals surface area contributed by atoms with Crippen molar-refractivity contribution in [1.82, 2.24) is 10.2 Å². The summed E-state index contributed by atoms with van der Waals surface area (Å²) in [6, 6.07) is 2.06. The van der Waals surface area contributed by atoms with Crippen LogP contribution in [0.5, 0.6) is 0 Å². The van der Waals surface area contributed by atoms with Crippen LogP contribution in [0.3, 0.4) is 0 Å². The smallest absolute Gasteiger partial charge is 0.241 e. The molecule has 1 saturated heterocycles. The first-order valence-corrected chi connectivity index (χ1v) is 8.12. The van der Waals surface area contributed by atoms with Gasteiger partial charge in [-0.2, -0.15) is 11.3 Å². The van der Waals surface area contributed by atoms with E-state index in [1.807, 2.05) is 6.92 Å². The highest BCUT2D eigenvalue weighted by molar-refractivity contribution is 7.07. The third kappa shape index (κ3) is 2.43. The van der Waals surface area contributed by atoms with E-state index in [1.54, 1.807) is 11.3 Å². The zero-order valence-corrected chi connectivity index (χ0v) is 12.5. The van der Waals surface area contributed by atoms with Crippen molar-refractivity contribution in [1.29, 1.82) is 0 Å². The first-order valence-electron chi connectivity index (χ1n) is 7.18. The van der Waals surface area contributed by atoms with Gasteiger partial charge in [-0.05, 0) is 47.6 Å². The van der Waals surface area contributed by atoms with Crippen molar-refractivity contribution in [3.63, 3.8) is 0 Å². The van der Waals surface area contributed by atoms with Gasteiger partial charge in [0.2, 0.25) is 5.91 Å². The van der Waals surface area contributed by atoms with Crippen molar-refractivity contribution in [3.05, 3.63) is 22.4 Å². The average Bonchev–Trinajstić information content (AvgIpc) is 3.08. The van der Waals surface area contributed by atoms with E-state index >= 15 is 0 Å². The number of rotatable bonds is 3. The molecule has 19 heavy (non-hydrogen) atoms. The van der Waals surface area contributed by atoms with E-state index in [9.17, 15) is 4.79 Å². The molecule has 1 aromatic heterocycles. The van der Waals surface area contributed by atoms with Crippen molar-refractivity contribution in [2.45, 2.75) is 51.7 Å². The second-order valence-electron chi connectivity index (χ2n) is 6.33. The zero-order chi connectivity index (χ0) is 13.5. The Balaban J connectivity index is 1.81. The maximum atomic E-state index is 12.4. The molecule has 1 N–H and O–H groups in total. The van der Waals surface area contributed by atoms with Crippen LogP contribution in [0.2, 0.25) is 0 Å². The molecule has 104 valence electrons. The molecule has 2 unspecified atom stereocenters. The minimum atomic E-state index is -0.0603. The lowest BCUT2D eigenvalue weighted by atomic mass is 9.88. The summed E-state index contributed by atoms with van der Waals surface area (Å²) in [4.78, 5) is 14.5. The summed E-state index contributed by atoms with van der Waals surface area (Å²) < 4.78 is 0. The molecular weight excluding hydrogens is 256 g/mol. The molecule has 2 fully saturated rings. The molecule has 0 aromatic carbocycles. The zero-order valence-electron chi connectivity index (χ0n) is 11.7. The standard InChI is InChI=1S/C15H22N2OS/c1-11-14(18)17(10-15(2)6-3-4-7-15)13(16-11)12-5-8-19-9-12/h5,8-9,11,13,16H,3-4,6-7,10H2,1-2H3. The Hall–Kier alpha value is -0.870. The number of nitrogens with zero attached hydrogens (tertiary/aromatic N) is 1. The van der Waals surface area contributed by atoms with Gasteiger partial charge in [0.25, 0.3) is 0 Å². The van der Waals surface area contributed by atoms with E-state index in [4.69, 9.17) is 0 Å². The quantitative estimate of drug-likeness (QED) is 0.921. The SMILES string of the molecule is CC1NC(c2ccsc2)N(CC2(C)CCCC2)C1=O. The highest BCUT2D eigenvalue weighted by Gasteiger charge is 2.41. The van der Waals surface area contributed by atoms with Crippen LogP contribution in [0.15, 0.2) is 16.8 Å². The van der Waals surface area contributed by atoms with Crippen molar-refractivity contribution < 1.29 is 4.79 Å². The lowest BCUT2D eigenvalue weighted by Crippen LogP contribution is -2.38. The largest absolute Gasteiger partial charge is 0.321 e. The molecule has 4 heteroatoms. The Morgan fingerprint density at radius 2 is 2.21 bits per heavy atom. The number of nitrogens with one attached hydrogen (secondary N) is 1. The van der Waals surface area contributed by atoms with Gasteiger partial charge in [0.15, 0.2) is 0 Å². The van der Waals surface area contributed by atoms with Crippen LogP contribution in [-0.4, -0.2) is 23.4 Å². The van der Waals surface area contributed by atoms with E-state index in [-0.39, 0.29) is 18.1 Å². The number of thiophene rings is 1. The minimum Gasteiger partial charge on any atom is -0.321 e. The van der Waals surface area contributed by atoms with Gasteiger partial charge in [0.1, 0.15) is 6.17 Å². The second-order valence-corrected chi connectivity index (χ2v) is 7.11. The second kappa shape index (κ2) is 4.91. The molecule has 1 aliphatic heterocycles. The number of hydrogen-bond acceptors (Lipinski definition) is 3. The molecule has 2 atom stereocenters. The monoisotopic (exact) mass is 278 g/mol. The highest BCUT2D eigenvalue weighted by Crippen LogP contribution is 2.40. The van der Waals surface area contributed by atoms with Gasteiger partial charge in [-0.1, -0.05) is 19.8 Å². The maximum Gasteiger partial charge on any atom is 0.241 e. The van der Waals surface area contributed by atoms with E-state index in [0.29, 0.717) is 5.41 Å². The third-order valence-corrected chi connectivity index (χ3v) is 5.30. The van der Waals surface area contributed by atoms with Gasteiger partial charge >= 0.3 is 0 Å². The Labute approximate surface area is 119 Å². The van der Waals surface area contributed by atoms with Crippen molar-refractivity contribution in [2.75, 3.05) is 6.54 Å². The van der Waals surface area contributed by atoms with Gasteiger partial charge in [0, 0.05) is 6.54 Å². The Morgan fingerprint density at radius 3 is 2.84 bits per heavy atom. The van der Waals surface area contributed by atoms with Crippen LogP contribution in [0.4, 0.5) is 0 Å². The highest BCUT2D eigenvalue weighted by atomic mass is 32.1. The molecular formula is C15H22N2OS. The van der Waals surface area contributed by atoms with Gasteiger partial charge < -0.3 is 4.90 Å². The number of hydrogen-bond donors (Lipinski definition) is 1. The van der Waals surface area contributed by atoms with Gasteiger partial charge in [-0.15, -0.1) is 0 Å². The fourth-order valence-corrected chi connectivity index (χ4v) is 4.13. The van der Waals surface area contributed by atoms with Gasteiger partial charge in [-0.3, -0.25) is 10.1 Å². The van der Waals surface area contributed by atoms with E-state index in [2.05, 4.69) is 34.0 Å². The fraction of sp³-hybridized carbons (Fsp3) is 0.667. The fourth-order valence-electron chi connectivity index (χ4n) is 3.45. The molecule has 1 saturated carbocycles. The van der Waals surface area contributed by atoms with Gasteiger partial charge in [-0.25, -0.2) is 0 Å². The van der Waals surface area contributed by atoms with Crippen LogP contribution in [0.25, 0.3) is 0 Å². The summed E-state index contributed by atoms with van der Waals surface area (Å²) in [5.41, 5.74) is 1.54. The van der Waals surface area contributed by atoms with Crippen molar-refractivity contribution in [2.24, 2.45) is 5.41 Å². The van der Waals surface area contributed by atoms with E-state index in [0.717, 1.165) is 6.54 Å². The van der Waals surface area contributed by atoms with E-state index in [1.165, 1.54) is 31.2 Å². The molecule has 0 radical (unpaired) electrons. The first kappa shape index (κ1) is 13.1. The van der Waals surface area contributed by atoms with Crippen molar-refractivity contribution in [3.8, 4) is 0 Å². The first-order chi connectivity index (χ1) is 9.09. The number of carbonyl (C=O) groups excluding carboxylic acids is 1. The van der Waals surface area contributed by atoms with Crippen molar-refractivity contribution >= 4 is 17.2 Å². The lowest BCUT2D eigenvalue weighted by molar-refractivity contribution is -0.131. The Morgan fingerprint density at radius 1 is 1.47 bits per heavy atom. The van der Waals surface area contributed by atoms with E-state index < -0.39 is 0 Å². The summed E-state index contributed by atoms with van der Waals surface area (Å²) in [7, 11) is 0. The summed E-state index contributed by atoms with van der Waals surface area (Å²) in [6.07, 6.45) is 5.20. The lowest BCUT2D eigenvalue weighted by Gasteiger charge is -2.33. The molecule has 2 aliphatic rings. The molecule has 2 heterocycles. The molecule has 1 aromatic rings. The summed E-state index contributed by atoms with van der Waals surface area (Å²) in [5.74, 6) is 0.254. The summed E-state index contributed by atoms with van der Waals surface area (Å²) >= 11 is 1.69. The van der Waals surface area contributed by atoms with Crippen LogP contribution < -0.4 is 5.32 Å². The van der Waals surface area contributed by atoms with Crippen LogP contribution >= 0.6 is 11.3 Å². The minimum absolute atomic E-state index is 0.0603. The number of amides is 1. The van der Waals surface area contributed by atoms with Crippen LogP contribution in [0.1, 0.15) is 51.3 Å². The predicted octanol–water partition coefficient (Wildman–Crippen LogP) is 3.15.